The van der Waals surface area contributed by atoms with Gasteiger partial charge in [0.25, 0.3) is 0 Å². The molecule has 1 aliphatic heterocycles. The molecule has 0 saturated carbocycles. The normalized spacial score (nSPS) is 19.0. The predicted molar refractivity (Wildman–Crippen MR) is 95.1 cm³/mol. The number of piperidine rings is 1. The number of thioether (sulfide) groups is 1. The molecule has 0 N–H and O–H groups in total. The highest BCUT2D eigenvalue weighted by atomic mass is 32.2. The lowest BCUT2D eigenvalue weighted by molar-refractivity contribution is -0.130. The van der Waals surface area contributed by atoms with Crippen LogP contribution in [-0.2, 0) is 11.3 Å². The van der Waals surface area contributed by atoms with Gasteiger partial charge < -0.3 is 4.90 Å². The third-order valence-corrected chi connectivity index (χ3v) is 5.27. The van der Waals surface area contributed by atoms with Crippen LogP contribution in [0.2, 0.25) is 0 Å². The van der Waals surface area contributed by atoms with Crippen LogP contribution in [0.15, 0.2) is 30.3 Å². The third-order valence-electron chi connectivity index (χ3n) is 4.19. The van der Waals surface area contributed by atoms with Gasteiger partial charge in [0, 0.05) is 25.7 Å². The van der Waals surface area contributed by atoms with Crippen molar-refractivity contribution in [1.29, 1.82) is 0 Å². The summed E-state index contributed by atoms with van der Waals surface area (Å²) in [4.78, 5) is 16.8. The number of likely N-dealkylation sites (tertiary alicyclic amines) is 1. The van der Waals surface area contributed by atoms with Crippen LogP contribution < -0.4 is 0 Å². The molecule has 3 nitrogen and oxygen atoms in total. The molecule has 0 bridgehead atoms. The van der Waals surface area contributed by atoms with Crippen molar-refractivity contribution in [1.82, 2.24) is 9.80 Å². The third kappa shape index (κ3) is 5.33. The van der Waals surface area contributed by atoms with Gasteiger partial charge in [-0.25, -0.2) is 0 Å². The van der Waals surface area contributed by atoms with E-state index in [2.05, 4.69) is 61.0 Å². The van der Waals surface area contributed by atoms with Crippen molar-refractivity contribution in [2.45, 2.75) is 44.5 Å². The van der Waals surface area contributed by atoms with Crippen LogP contribution in [0.4, 0.5) is 0 Å². The molecule has 1 fully saturated rings. The molecular weight excluding hydrogens is 292 g/mol. The Morgan fingerprint density at radius 1 is 1.36 bits per heavy atom. The van der Waals surface area contributed by atoms with E-state index in [-0.39, 0.29) is 0 Å². The SMILES string of the molecule is CC(C)SCC(=O)N1CCC[C@H](N(C)Cc2ccccc2)C1. The Balaban J connectivity index is 1.85. The van der Waals surface area contributed by atoms with Crippen molar-refractivity contribution in [3.05, 3.63) is 35.9 Å². The zero-order valence-electron chi connectivity index (χ0n) is 14.0. The number of carbonyl (C=O) groups is 1. The molecule has 1 amide bonds. The summed E-state index contributed by atoms with van der Waals surface area (Å²) in [5, 5.41) is 0.519. The smallest absolute Gasteiger partial charge is 0.232 e. The van der Waals surface area contributed by atoms with Crippen LogP contribution in [-0.4, -0.2) is 52.9 Å². The van der Waals surface area contributed by atoms with Crippen LogP contribution in [0, 0.1) is 0 Å². The summed E-state index contributed by atoms with van der Waals surface area (Å²) in [5.41, 5.74) is 1.34. The molecule has 1 aliphatic rings. The summed E-state index contributed by atoms with van der Waals surface area (Å²) in [5.74, 6) is 0.920. The average Bonchev–Trinajstić information content (AvgIpc) is 2.53. The summed E-state index contributed by atoms with van der Waals surface area (Å²) in [7, 11) is 2.18. The minimum Gasteiger partial charge on any atom is -0.340 e. The minimum absolute atomic E-state index is 0.302. The molecule has 1 heterocycles. The molecule has 1 saturated heterocycles. The fourth-order valence-corrected chi connectivity index (χ4v) is 3.53. The van der Waals surface area contributed by atoms with Gasteiger partial charge in [-0.05, 0) is 30.7 Å². The number of carbonyl (C=O) groups excluding carboxylic acids is 1. The van der Waals surface area contributed by atoms with Crippen LogP contribution in [0.5, 0.6) is 0 Å². The van der Waals surface area contributed by atoms with E-state index in [0.717, 1.165) is 26.1 Å². The Kier molecular flexibility index (Phi) is 6.77. The van der Waals surface area contributed by atoms with E-state index in [0.29, 0.717) is 23.0 Å². The Hall–Kier alpha value is -1.00. The highest BCUT2D eigenvalue weighted by Crippen LogP contribution is 2.19. The second-order valence-corrected chi connectivity index (χ2v) is 7.96. The number of likely N-dealkylation sites (N-methyl/N-ethyl adjacent to an activating group) is 1. The summed E-state index contributed by atoms with van der Waals surface area (Å²) < 4.78 is 0. The zero-order valence-corrected chi connectivity index (χ0v) is 14.8. The fourth-order valence-electron chi connectivity index (χ4n) is 2.87. The van der Waals surface area contributed by atoms with Gasteiger partial charge >= 0.3 is 0 Å². The van der Waals surface area contributed by atoms with E-state index >= 15 is 0 Å². The lowest BCUT2D eigenvalue weighted by Crippen LogP contribution is -2.48. The van der Waals surface area contributed by atoms with E-state index in [4.69, 9.17) is 0 Å². The lowest BCUT2D eigenvalue weighted by atomic mass is 10.0. The summed E-state index contributed by atoms with van der Waals surface area (Å²) in [6.07, 6.45) is 2.30. The standard InChI is InChI=1S/C18H28N2OS/c1-15(2)22-14-18(21)20-11-7-10-17(13-20)19(3)12-16-8-5-4-6-9-16/h4-6,8-9,15,17H,7,10-14H2,1-3H3/t17-/m0/s1. The molecule has 0 spiro atoms. The zero-order chi connectivity index (χ0) is 15.9. The molecule has 22 heavy (non-hydrogen) atoms. The van der Waals surface area contributed by atoms with Gasteiger partial charge in [-0.2, -0.15) is 0 Å². The monoisotopic (exact) mass is 320 g/mol. The van der Waals surface area contributed by atoms with Gasteiger partial charge in [0.15, 0.2) is 0 Å². The topological polar surface area (TPSA) is 23.6 Å². The Morgan fingerprint density at radius 2 is 2.09 bits per heavy atom. The maximum atomic E-state index is 12.3. The summed E-state index contributed by atoms with van der Waals surface area (Å²) >= 11 is 1.74. The average molecular weight is 321 g/mol. The van der Waals surface area contributed by atoms with E-state index in [9.17, 15) is 4.79 Å². The molecule has 1 aromatic carbocycles. The van der Waals surface area contributed by atoms with Crippen molar-refractivity contribution in [2.75, 3.05) is 25.9 Å². The number of benzene rings is 1. The first-order valence-corrected chi connectivity index (χ1v) is 9.24. The van der Waals surface area contributed by atoms with Gasteiger partial charge in [-0.15, -0.1) is 11.8 Å². The quantitative estimate of drug-likeness (QED) is 0.804. The molecule has 0 unspecified atom stereocenters. The molecule has 0 aliphatic carbocycles. The maximum absolute atomic E-state index is 12.3. The van der Waals surface area contributed by atoms with Crippen molar-refractivity contribution >= 4 is 17.7 Å². The second-order valence-electron chi connectivity index (χ2n) is 6.40. The highest BCUT2D eigenvalue weighted by Gasteiger charge is 2.26. The second kappa shape index (κ2) is 8.59. The molecule has 1 atom stereocenters. The largest absolute Gasteiger partial charge is 0.340 e. The number of rotatable bonds is 6. The molecule has 4 heteroatoms. The van der Waals surface area contributed by atoms with Crippen molar-refractivity contribution < 1.29 is 4.79 Å². The van der Waals surface area contributed by atoms with Gasteiger partial charge in [0.05, 0.1) is 5.75 Å². The van der Waals surface area contributed by atoms with Crippen LogP contribution in [0.3, 0.4) is 0 Å². The fraction of sp³-hybridized carbons (Fsp3) is 0.611. The van der Waals surface area contributed by atoms with Gasteiger partial charge in [0.1, 0.15) is 0 Å². The van der Waals surface area contributed by atoms with Crippen LogP contribution in [0.1, 0.15) is 32.3 Å². The first kappa shape index (κ1) is 17.4. The molecular formula is C18H28N2OS. The first-order valence-electron chi connectivity index (χ1n) is 8.20. The predicted octanol–water partition coefficient (Wildman–Crippen LogP) is 3.25. The van der Waals surface area contributed by atoms with Crippen LogP contribution in [0.25, 0.3) is 0 Å². The molecule has 2 rings (SSSR count). The van der Waals surface area contributed by atoms with E-state index in [1.54, 1.807) is 11.8 Å². The van der Waals surface area contributed by atoms with Gasteiger partial charge in [-0.1, -0.05) is 44.2 Å². The minimum atomic E-state index is 0.302. The Bertz CT molecular complexity index is 463. The number of nitrogens with zero attached hydrogens (tertiary/aromatic N) is 2. The highest BCUT2D eigenvalue weighted by molar-refractivity contribution is 8.00. The molecule has 122 valence electrons. The summed E-state index contributed by atoms with van der Waals surface area (Å²) in [6.45, 7) is 7.04. The first-order chi connectivity index (χ1) is 10.6. The van der Waals surface area contributed by atoms with Gasteiger partial charge in [-0.3, -0.25) is 9.69 Å². The maximum Gasteiger partial charge on any atom is 0.232 e. The van der Waals surface area contributed by atoms with Crippen LogP contribution >= 0.6 is 11.8 Å². The van der Waals surface area contributed by atoms with E-state index in [1.807, 2.05) is 0 Å². The van der Waals surface area contributed by atoms with E-state index in [1.165, 1.54) is 12.0 Å². The molecule has 1 aromatic rings. The lowest BCUT2D eigenvalue weighted by Gasteiger charge is -2.37. The summed E-state index contributed by atoms with van der Waals surface area (Å²) in [6, 6.07) is 11.0. The number of hydrogen-bond donors (Lipinski definition) is 0. The Morgan fingerprint density at radius 3 is 2.77 bits per heavy atom. The Labute approximate surface area is 139 Å². The van der Waals surface area contributed by atoms with Crippen molar-refractivity contribution in [3.63, 3.8) is 0 Å². The van der Waals surface area contributed by atoms with Gasteiger partial charge in [0.2, 0.25) is 5.91 Å². The van der Waals surface area contributed by atoms with Crippen molar-refractivity contribution in [2.24, 2.45) is 0 Å². The number of amides is 1. The number of hydrogen-bond acceptors (Lipinski definition) is 3. The van der Waals surface area contributed by atoms with E-state index < -0.39 is 0 Å². The molecule has 0 radical (unpaired) electrons. The molecule has 0 aromatic heterocycles. The van der Waals surface area contributed by atoms with Crippen molar-refractivity contribution in [3.8, 4) is 0 Å².